The molecule has 2 rings (SSSR count). The summed E-state index contributed by atoms with van der Waals surface area (Å²) in [5.74, 6) is 0. The van der Waals surface area contributed by atoms with Gasteiger partial charge in [0.1, 0.15) is 0 Å². The van der Waals surface area contributed by atoms with E-state index < -0.39 is 0 Å². The van der Waals surface area contributed by atoms with E-state index in [2.05, 4.69) is 18.0 Å². The lowest BCUT2D eigenvalue weighted by Gasteiger charge is -2.00. The van der Waals surface area contributed by atoms with Gasteiger partial charge in [-0.1, -0.05) is 11.6 Å². The van der Waals surface area contributed by atoms with Crippen LogP contribution in [-0.2, 0) is 6.42 Å². The third-order valence-electron chi connectivity index (χ3n) is 2.62. The van der Waals surface area contributed by atoms with Crippen LogP contribution in [0.4, 0.5) is 0 Å². The number of H-pyrrole nitrogens is 1. The number of hydrogen-bond donors (Lipinski definition) is 2. The lowest BCUT2D eigenvalue weighted by atomic mass is 10.1. The van der Waals surface area contributed by atoms with Gasteiger partial charge < -0.3 is 10.7 Å². The van der Waals surface area contributed by atoms with E-state index in [-0.39, 0.29) is 0 Å². The Hall–Kier alpha value is -0.990. The van der Waals surface area contributed by atoms with Gasteiger partial charge >= 0.3 is 0 Å². The van der Waals surface area contributed by atoms with Crippen molar-refractivity contribution in [3.8, 4) is 0 Å². The molecule has 0 atom stereocenters. The maximum atomic E-state index is 6.15. The van der Waals surface area contributed by atoms with Gasteiger partial charge in [-0.3, -0.25) is 0 Å². The Balaban J connectivity index is 2.49. The molecule has 80 valence electrons. The van der Waals surface area contributed by atoms with E-state index in [1.807, 2.05) is 12.3 Å². The van der Waals surface area contributed by atoms with E-state index in [1.54, 1.807) is 0 Å². The van der Waals surface area contributed by atoms with Crippen molar-refractivity contribution in [1.29, 1.82) is 0 Å². The average Bonchev–Trinajstić information content (AvgIpc) is 2.58. The highest BCUT2D eigenvalue weighted by molar-refractivity contribution is 6.35. The van der Waals surface area contributed by atoms with E-state index in [4.69, 9.17) is 17.3 Å². The molecule has 2 aromatic rings. The van der Waals surface area contributed by atoms with Crippen molar-refractivity contribution < 1.29 is 0 Å². The van der Waals surface area contributed by atoms with Crippen molar-refractivity contribution in [2.75, 3.05) is 6.54 Å². The molecule has 1 aromatic heterocycles. The predicted molar refractivity (Wildman–Crippen MR) is 65.4 cm³/mol. The zero-order valence-electron chi connectivity index (χ0n) is 8.81. The first kappa shape index (κ1) is 10.5. The number of aryl methyl sites for hydroxylation is 2. The standard InChI is InChI=1S/C12H15ClN2/c1-8-5-10-9(3-2-4-14)7-15-12(10)11(13)6-8/h5-7,15H,2-4,14H2,1H3. The van der Waals surface area contributed by atoms with E-state index in [9.17, 15) is 0 Å². The number of rotatable bonds is 3. The van der Waals surface area contributed by atoms with Crippen LogP contribution in [0.3, 0.4) is 0 Å². The minimum Gasteiger partial charge on any atom is -0.360 e. The molecule has 0 radical (unpaired) electrons. The summed E-state index contributed by atoms with van der Waals surface area (Å²) in [6.07, 6.45) is 4.06. The molecule has 2 nitrogen and oxygen atoms in total. The summed E-state index contributed by atoms with van der Waals surface area (Å²) in [6.45, 7) is 2.79. The van der Waals surface area contributed by atoms with Crippen LogP contribution in [0.15, 0.2) is 18.3 Å². The fourth-order valence-electron chi connectivity index (χ4n) is 1.88. The first-order valence-corrected chi connectivity index (χ1v) is 5.56. The van der Waals surface area contributed by atoms with Gasteiger partial charge in [0, 0.05) is 11.6 Å². The molecule has 0 unspecified atom stereocenters. The minimum atomic E-state index is 0.728. The maximum Gasteiger partial charge on any atom is 0.0649 e. The maximum absolute atomic E-state index is 6.15. The molecule has 0 aliphatic heterocycles. The zero-order valence-corrected chi connectivity index (χ0v) is 9.56. The van der Waals surface area contributed by atoms with E-state index >= 15 is 0 Å². The fraction of sp³-hybridized carbons (Fsp3) is 0.333. The van der Waals surface area contributed by atoms with Crippen molar-refractivity contribution in [2.45, 2.75) is 19.8 Å². The molecule has 0 saturated heterocycles. The van der Waals surface area contributed by atoms with Gasteiger partial charge in [0.05, 0.1) is 10.5 Å². The number of aromatic nitrogens is 1. The molecule has 15 heavy (non-hydrogen) atoms. The smallest absolute Gasteiger partial charge is 0.0649 e. The van der Waals surface area contributed by atoms with Crippen LogP contribution in [0.25, 0.3) is 10.9 Å². The van der Waals surface area contributed by atoms with Crippen molar-refractivity contribution in [1.82, 2.24) is 4.98 Å². The molecule has 0 saturated carbocycles. The van der Waals surface area contributed by atoms with E-state index in [0.717, 1.165) is 29.9 Å². The van der Waals surface area contributed by atoms with Gasteiger partial charge in [0.2, 0.25) is 0 Å². The summed E-state index contributed by atoms with van der Waals surface area (Å²) >= 11 is 6.15. The third kappa shape index (κ3) is 2.01. The highest BCUT2D eigenvalue weighted by Crippen LogP contribution is 2.27. The van der Waals surface area contributed by atoms with Crippen molar-refractivity contribution in [3.05, 3.63) is 34.5 Å². The van der Waals surface area contributed by atoms with Gasteiger partial charge in [-0.15, -0.1) is 0 Å². The van der Waals surface area contributed by atoms with Crippen LogP contribution in [0.2, 0.25) is 5.02 Å². The first-order valence-electron chi connectivity index (χ1n) is 5.18. The van der Waals surface area contributed by atoms with Crippen LogP contribution >= 0.6 is 11.6 Å². The van der Waals surface area contributed by atoms with Crippen LogP contribution < -0.4 is 5.73 Å². The van der Waals surface area contributed by atoms with Crippen molar-refractivity contribution in [2.24, 2.45) is 5.73 Å². The lowest BCUT2D eigenvalue weighted by Crippen LogP contribution is -1.99. The van der Waals surface area contributed by atoms with Gasteiger partial charge in [-0.2, -0.15) is 0 Å². The normalized spacial score (nSPS) is 11.1. The topological polar surface area (TPSA) is 41.8 Å². The largest absolute Gasteiger partial charge is 0.360 e. The molecule has 3 N–H and O–H groups in total. The molecule has 1 aromatic carbocycles. The monoisotopic (exact) mass is 222 g/mol. The number of benzene rings is 1. The summed E-state index contributed by atoms with van der Waals surface area (Å²) in [7, 11) is 0. The number of fused-ring (bicyclic) bond motifs is 1. The van der Waals surface area contributed by atoms with Gasteiger partial charge in [-0.05, 0) is 49.6 Å². The Morgan fingerprint density at radius 3 is 2.93 bits per heavy atom. The summed E-state index contributed by atoms with van der Waals surface area (Å²) in [5.41, 5.74) is 9.05. The number of hydrogen-bond acceptors (Lipinski definition) is 1. The predicted octanol–water partition coefficient (Wildman–Crippen LogP) is 3.02. The van der Waals surface area contributed by atoms with Crippen LogP contribution in [0.1, 0.15) is 17.5 Å². The summed E-state index contributed by atoms with van der Waals surface area (Å²) in [5, 5.41) is 2.03. The van der Waals surface area contributed by atoms with Crippen LogP contribution in [-0.4, -0.2) is 11.5 Å². The average molecular weight is 223 g/mol. The van der Waals surface area contributed by atoms with E-state index in [1.165, 1.54) is 16.5 Å². The van der Waals surface area contributed by atoms with Crippen molar-refractivity contribution >= 4 is 22.5 Å². The number of aromatic amines is 1. The molecular formula is C12H15ClN2. The number of halogens is 1. The Labute approximate surface area is 94.4 Å². The molecule has 1 heterocycles. The molecule has 0 aliphatic carbocycles. The molecule has 0 aliphatic rings. The van der Waals surface area contributed by atoms with Crippen LogP contribution in [0.5, 0.6) is 0 Å². The Morgan fingerprint density at radius 2 is 2.20 bits per heavy atom. The van der Waals surface area contributed by atoms with Gasteiger partial charge in [-0.25, -0.2) is 0 Å². The minimum absolute atomic E-state index is 0.728. The molecule has 0 bridgehead atoms. The quantitative estimate of drug-likeness (QED) is 0.824. The van der Waals surface area contributed by atoms with Gasteiger partial charge in [0.15, 0.2) is 0 Å². The van der Waals surface area contributed by atoms with Crippen LogP contribution in [0, 0.1) is 6.92 Å². The SMILES string of the molecule is Cc1cc(Cl)c2[nH]cc(CCCN)c2c1. The Bertz CT molecular complexity index is 474. The first-order chi connectivity index (χ1) is 7.22. The molecule has 0 fully saturated rings. The summed E-state index contributed by atoms with van der Waals surface area (Å²) < 4.78 is 0. The molecule has 3 heteroatoms. The van der Waals surface area contributed by atoms with Crippen molar-refractivity contribution in [3.63, 3.8) is 0 Å². The second-order valence-electron chi connectivity index (χ2n) is 3.88. The second kappa shape index (κ2) is 4.25. The zero-order chi connectivity index (χ0) is 10.8. The third-order valence-corrected chi connectivity index (χ3v) is 2.92. The number of nitrogens with two attached hydrogens (primary N) is 1. The summed E-state index contributed by atoms with van der Waals surface area (Å²) in [6, 6.07) is 4.15. The summed E-state index contributed by atoms with van der Waals surface area (Å²) in [4.78, 5) is 3.22. The van der Waals surface area contributed by atoms with Gasteiger partial charge in [0.25, 0.3) is 0 Å². The highest BCUT2D eigenvalue weighted by atomic mass is 35.5. The Morgan fingerprint density at radius 1 is 1.40 bits per heavy atom. The fourth-order valence-corrected chi connectivity index (χ4v) is 2.21. The second-order valence-corrected chi connectivity index (χ2v) is 4.28. The molecule has 0 spiro atoms. The van der Waals surface area contributed by atoms with E-state index in [0.29, 0.717) is 0 Å². The Kier molecular flexibility index (Phi) is 2.98. The molecular weight excluding hydrogens is 208 g/mol. The molecule has 0 amide bonds. The lowest BCUT2D eigenvalue weighted by molar-refractivity contribution is 0.837. The highest BCUT2D eigenvalue weighted by Gasteiger charge is 2.06. The number of nitrogens with one attached hydrogen (secondary N) is 1.